The summed E-state index contributed by atoms with van der Waals surface area (Å²) in [4.78, 5) is 2.53. The third-order valence-corrected chi connectivity index (χ3v) is 7.82. The van der Waals surface area contributed by atoms with Crippen LogP contribution in [0.5, 0.6) is 11.5 Å². The van der Waals surface area contributed by atoms with E-state index in [-0.39, 0.29) is 0 Å². The number of rotatable bonds is 4. The monoisotopic (exact) mass is 344 g/mol. The van der Waals surface area contributed by atoms with Gasteiger partial charge in [-0.25, -0.2) is 0 Å². The number of hydrogen-bond donors (Lipinski definition) is 2. The van der Waals surface area contributed by atoms with Crippen LogP contribution in [0.15, 0.2) is 58.3 Å². The highest BCUT2D eigenvalue weighted by Crippen LogP contribution is 2.55. The first kappa shape index (κ1) is 15.3. The van der Waals surface area contributed by atoms with Crippen molar-refractivity contribution in [1.29, 1.82) is 0 Å². The first-order valence-corrected chi connectivity index (χ1v) is 9.85. The van der Waals surface area contributed by atoms with Gasteiger partial charge in [0.05, 0.1) is 0 Å². The van der Waals surface area contributed by atoms with Gasteiger partial charge in [0.15, 0.2) is 0 Å². The molecule has 120 valence electrons. The third kappa shape index (κ3) is 3.33. The van der Waals surface area contributed by atoms with Crippen molar-refractivity contribution in [3.05, 3.63) is 48.5 Å². The quantitative estimate of drug-likeness (QED) is 0.805. The van der Waals surface area contributed by atoms with Gasteiger partial charge in [-0.1, -0.05) is 0 Å². The summed E-state index contributed by atoms with van der Waals surface area (Å²) in [6, 6.07) is 15.2. The van der Waals surface area contributed by atoms with Crippen molar-refractivity contribution in [3.63, 3.8) is 0 Å². The number of hydrogen-bond acceptors (Lipinski definition) is 4. The Labute approximate surface area is 145 Å². The zero-order valence-electron chi connectivity index (χ0n) is 12.8. The fourth-order valence-electron chi connectivity index (χ4n) is 3.86. The van der Waals surface area contributed by atoms with Gasteiger partial charge in [-0.2, -0.15) is 0 Å². The number of phenolic OH excluding ortho intramolecular Hbond substituents is 2. The van der Waals surface area contributed by atoms with Crippen LogP contribution in [0, 0.1) is 11.8 Å². The fourth-order valence-corrected chi connectivity index (χ4v) is 6.66. The topological polar surface area (TPSA) is 40.5 Å². The average Bonchev–Trinajstić information content (AvgIpc) is 3.12. The van der Waals surface area contributed by atoms with Crippen LogP contribution < -0.4 is 0 Å². The molecule has 0 spiro atoms. The Morgan fingerprint density at radius 2 is 1.00 bits per heavy atom. The summed E-state index contributed by atoms with van der Waals surface area (Å²) >= 11 is 3.96. The van der Waals surface area contributed by atoms with Gasteiger partial charge >= 0.3 is 0 Å². The number of thioether (sulfide) groups is 2. The summed E-state index contributed by atoms with van der Waals surface area (Å²) in [5, 5.41) is 20.2. The molecular weight excluding hydrogens is 324 g/mol. The molecule has 0 heterocycles. The molecular formula is C19H20O2S2. The minimum Gasteiger partial charge on any atom is -0.508 e. The smallest absolute Gasteiger partial charge is 0.115 e. The van der Waals surface area contributed by atoms with Gasteiger partial charge in [0, 0.05) is 20.3 Å². The largest absolute Gasteiger partial charge is 0.508 e. The van der Waals surface area contributed by atoms with Crippen LogP contribution in [0.2, 0.25) is 0 Å². The van der Waals surface area contributed by atoms with Crippen molar-refractivity contribution in [2.45, 2.75) is 39.6 Å². The number of fused-ring (bicyclic) bond motifs is 2. The SMILES string of the molecule is Oc1ccc(SC2CC3CC2CC3Sc2ccc(O)cc2)cc1. The molecule has 2 bridgehead atoms. The van der Waals surface area contributed by atoms with Crippen molar-refractivity contribution in [3.8, 4) is 11.5 Å². The van der Waals surface area contributed by atoms with E-state index >= 15 is 0 Å². The van der Waals surface area contributed by atoms with E-state index in [4.69, 9.17) is 0 Å². The predicted molar refractivity (Wildman–Crippen MR) is 96.3 cm³/mol. The van der Waals surface area contributed by atoms with Crippen LogP contribution in [-0.2, 0) is 0 Å². The molecule has 2 aliphatic carbocycles. The van der Waals surface area contributed by atoms with Crippen molar-refractivity contribution >= 4 is 23.5 Å². The number of phenols is 2. The molecule has 4 rings (SSSR count). The Hall–Kier alpha value is -1.26. The Balaban J connectivity index is 1.36. The average molecular weight is 345 g/mol. The van der Waals surface area contributed by atoms with Gasteiger partial charge in [-0.15, -0.1) is 23.5 Å². The maximum absolute atomic E-state index is 9.39. The van der Waals surface area contributed by atoms with Gasteiger partial charge in [0.1, 0.15) is 11.5 Å². The van der Waals surface area contributed by atoms with Gasteiger partial charge in [0.25, 0.3) is 0 Å². The lowest BCUT2D eigenvalue weighted by molar-refractivity contribution is 0.474. The first-order chi connectivity index (χ1) is 11.2. The van der Waals surface area contributed by atoms with Crippen LogP contribution in [-0.4, -0.2) is 20.7 Å². The van der Waals surface area contributed by atoms with E-state index in [1.54, 1.807) is 24.3 Å². The van der Waals surface area contributed by atoms with Crippen LogP contribution in [0.3, 0.4) is 0 Å². The molecule has 0 saturated heterocycles. The highest BCUT2D eigenvalue weighted by Gasteiger charge is 2.46. The minimum absolute atomic E-state index is 0.340. The molecule has 2 nitrogen and oxygen atoms in total. The van der Waals surface area contributed by atoms with Crippen molar-refractivity contribution < 1.29 is 10.2 Å². The second-order valence-corrected chi connectivity index (χ2v) is 9.15. The fraction of sp³-hybridized carbons (Fsp3) is 0.368. The van der Waals surface area contributed by atoms with E-state index in [0.717, 1.165) is 22.3 Å². The van der Waals surface area contributed by atoms with E-state index in [0.29, 0.717) is 11.5 Å². The number of benzene rings is 2. The molecule has 0 aliphatic heterocycles. The zero-order valence-corrected chi connectivity index (χ0v) is 14.4. The Morgan fingerprint density at radius 3 is 1.35 bits per heavy atom. The molecule has 2 aromatic rings. The van der Waals surface area contributed by atoms with Crippen LogP contribution in [0.25, 0.3) is 0 Å². The molecule has 4 heteroatoms. The normalized spacial score (nSPS) is 29.0. The molecule has 2 aliphatic rings. The summed E-state index contributed by atoms with van der Waals surface area (Å²) in [7, 11) is 0. The van der Waals surface area contributed by atoms with Gasteiger partial charge in [-0.3, -0.25) is 0 Å². The van der Waals surface area contributed by atoms with Crippen molar-refractivity contribution in [2.24, 2.45) is 11.8 Å². The maximum atomic E-state index is 9.39. The predicted octanol–water partition coefficient (Wildman–Crippen LogP) is 5.15. The van der Waals surface area contributed by atoms with E-state index in [9.17, 15) is 10.2 Å². The summed E-state index contributed by atoms with van der Waals surface area (Å²) < 4.78 is 0. The third-order valence-electron chi connectivity index (χ3n) is 4.98. The summed E-state index contributed by atoms with van der Waals surface area (Å²) in [6.45, 7) is 0. The molecule has 0 radical (unpaired) electrons. The van der Waals surface area contributed by atoms with Gasteiger partial charge < -0.3 is 10.2 Å². The van der Waals surface area contributed by atoms with E-state index in [1.807, 2.05) is 47.8 Å². The van der Waals surface area contributed by atoms with E-state index in [1.165, 1.54) is 29.1 Å². The van der Waals surface area contributed by atoms with Crippen molar-refractivity contribution in [2.75, 3.05) is 0 Å². The summed E-state index contributed by atoms with van der Waals surface area (Å²) in [5.74, 6) is 2.31. The van der Waals surface area contributed by atoms with E-state index < -0.39 is 0 Å². The lowest BCUT2D eigenvalue weighted by Crippen LogP contribution is -2.21. The highest BCUT2D eigenvalue weighted by molar-refractivity contribution is 8.00. The molecule has 0 amide bonds. The van der Waals surface area contributed by atoms with E-state index in [2.05, 4.69) is 0 Å². The van der Waals surface area contributed by atoms with Gasteiger partial charge in [-0.05, 0) is 79.6 Å². The molecule has 23 heavy (non-hydrogen) atoms. The standard InChI is InChI=1S/C19H20O2S2/c20-14-1-5-16(6-2-14)22-18-10-13-9-12(18)11-19(13)23-17-7-3-15(21)4-8-17/h1-8,12-13,18-21H,9-11H2. The number of aromatic hydroxyl groups is 2. The molecule has 4 unspecified atom stereocenters. The molecule has 2 saturated carbocycles. The molecule has 2 fully saturated rings. The van der Waals surface area contributed by atoms with Crippen molar-refractivity contribution in [1.82, 2.24) is 0 Å². The maximum Gasteiger partial charge on any atom is 0.115 e. The Bertz CT molecular complexity index is 609. The highest BCUT2D eigenvalue weighted by atomic mass is 32.2. The Kier molecular flexibility index (Phi) is 4.20. The van der Waals surface area contributed by atoms with Gasteiger partial charge in [0.2, 0.25) is 0 Å². The second kappa shape index (κ2) is 6.33. The lowest BCUT2D eigenvalue weighted by atomic mass is 10.00. The minimum atomic E-state index is 0.340. The second-order valence-electron chi connectivity index (χ2n) is 6.53. The molecule has 0 aromatic heterocycles. The lowest BCUT2D eigenvalue weighted by Gasteiger charge is -2.27. The summed E-state index contributed by atoms with van der Waals surface area (Å²) in [5.41, 5.74) is 0. The Morgan fingerprint density at radius 1 is 0.609 bits per heavy atom. The zero-order chi connectivity index (χ0) is 15.8. The molecule has 2 aromatic carbocycles. The molecule has 2 N–H and O–H groups in total. The molecule has 4 atom stereocenters. The van der Waals surface area contributed by atoms with Crippen LogP contribution in [0.1, 0.15) is 19.3 Å². The summed E-state index contributed by atoms with van der Waals surface area (Å²) in [6.07, 6.45) is 3.95. The van der Waals surface area contributed by atoms with Crippen LogP contribution >= 0.6 is 23.5 Å². The first-order valence-electron chi connectivity index (χ1n) is 8.09. The van der Waals surface area contributed by atoms with Crippen LogP contribution in [0.4, 0.5) is 0 Å².